The lowest BCUT2D eigenvalue weighted by Gasteiger charge is -2.14. The van der Waals surface area contributed by atoms with E-state index in [4.69, 9.17) is 14.2 Å². The van der Waals surface area contributed by atoms with Crippen molar-refractivity contribution in [2.45, 2.75) is 6.92 Å². The van der Waals surface area contributed by atoms with Gasteiger partial charge in [-0.05, 0) is 48.4 Å². The highest BCUT2D eigenvalue weighted by Crippen LogP contribution is 2.38. The molecule has 3 aromatic rings. The number of rotatable bonds is 6. The Balaban J connectivity index is 2.03. The van der Waals surface area contributed by atoms with E-state index in [1.54, 1.807) is 25.3 Å². The van der Waals surface area contributed by atoms with Gasteiger partial charge in [-0.15, -0.1) is 0 Å². The maximum absolute atomic E-state index is 13.0. The minimum atomic E-state index is -0.116. The van der Waals surface area contributed by atoms with E-state index in [0.29, 0.717) is 28.4 Å². The fourth-order valence-electron chi connectivity index (χ4n) is 2.98. The molecule has 2 aromatic carbocycles. The van der Waals surface area contributed by atoms with E-state index < -0.39 is 0 Å². The molecule has 0 atom stereocenters. The van der Waals surface area contributed by atoms with Crippen LogP contribution in [-0.4, -0.2) is 32.1 Å². The first-order chi connectivity index (χ1) is 13.1. The number of para-hydroxylation sites is 1. The molecule has 5 nitrogen and oxygen atoms in total. The van der Waals surface area contributed by atoms with Crippen molar-refractivity contribution in [2.75, 3.05) is 21.3 Å². The van der Waals surface area contributed by atoms with Crippen LogP contribution in [-0.2, 0) is 0 Å². The van der Waals surface area contributed by atoms with Crippen LogP contribution >= 0.6 is 0 Å². The van der Waals surface area contributed by atoms with Gasteiger partial charge in [0.05, 0.1) is 26.8 Å². The average Bonchev–Trinajstić information content (AvgIpc) is 2.72. The summed E-state index contributed by atoms with van der Waals surface area (Å²) >= 11 is 0. The number of hydrogen-bond acceptors (Lipinski definition) is 5. The van der Waals surface area contributed by atoms with E-state index in [1.165, 1.54) is 21.3 Å². The molecule has 0 amide bonds. The Bertz CT molecular complexity index is 993. The lowest BCUT2D eigenvalue weighted by molar-refractivity contribution is 0.103. The third-order valence-electron chi connectivity index (χ3n) is 4.34. The number of methoxy groups -OCH3 is 3. The van der Waals surface area contributed by atoms with E-state index in [-0.39, 0.29) is 5.78 Å². The quantitative estimate of drug-likeness (QED) is 0.475. The monoisotopic (exact) mass is 363 g/mol. The van der Waals surface area contributed by atoms with E-state index in [2.05, 4.69) is 4.98 Å². The Morgan fingerprint density at radius 2 is 1.63 bits per heavy atom. The SMILES string of the molecule is COc1cc(C(=O)C(C)=Cc2ccnc3ccccc23)cc(OC)c1OC. The van der Waals surface area contributed by atoms with Crippen LogP contribution < -0.4 is 14.2 Å². The summed E-state index contributed by atoms with van der Waals surface area (Å²) in [4.78, 5) is 17.3. The van der Waals surface area contributed by atoms with Crippen LogP contribution in [0.25, 0.3) is 17.0 Å². The number of fused-ring (bicyclic) bond motifs is 1. The molecule has 0 aliphatic heterocycles. The van der Waals surface area contributed by atoms with Gasteiger partial charge < -0.3 is 14.2 Å². The molecule has 0 saturated carbocycles. The minimum absolute atomic E-state index is 0.116. The first-order valence-corrected chi connectivity index (χ1v) is 8.45. The van der Waals surface area contributed by atoms with Crippen molar-refractivity contribution in [3.8, 4) is 17.2 Å². The zero-order chi connectivity index (χ0) is 19.4. The summed E-state index contributed by atoms with van der Waals surface area (Å²) < 4.78 is 16.0. The Hall–Kier alpha value is -3.34. The molecule has 0 radical (unpaired) electrons. The molecule has 3 rings (SSSR count). The van der Waals surface area contributed by atoms with Gasteiger partial charge in [-0.25, -0.2) is 0 Å². The summed E-state index contributed by atoms with van der Waals surface area (Å²) in [6.45, 7) is 1.79. The molecule has 1 aromatic heterocycles. The predicted octanol–water partition coefficient (Wildman–Crippen LogP) is 4.55. The van der Waals surface area contributed by atoms with Crippen LogP contribution in [0.4, 0.5) is 0 Å². The summed E-state index contributed by atoms with van der Waals surface area (Å²) in [5.74, 6) is 1.23. The van der Waals surface area contributed by atoms with Crippen LogP contribution in [0.2, 0.25) is 0 Å². The summed E-state index contributed by atoms with van der Waals surface area (Å²) in [6.07, 6.45) is 3.61. The summed E-state index contributed by atoms with van der Waals surface area (Å²) in [5, 5.41) is 0.997. The Morgan fingerprint density at radius 3 is 2.26 bits per heavy atom. The number of pyridine rings is 1. The minimum Gasteiger partial charge on any atom is -0.493 e. The second kappa shape index (κ2) is 7.91. The van der Waals surface area contributed by atoms with Gasteiger partial charge in [0, 0.05) is 17.1 Å². The van der Waals surface area contributed by atoms with Crippen molar-refractivity contribution < 1.29 is 19.0 Å². The van der Waals surface area contributed by atoms with Crippen molar-refractivity contribution in [3.05, 3.63) is 65.4 Å². The Labute approximate surface area is 158 Å². The third kappa shape index (κ3) is 3.62. The van der Waals surface area contributed by atoms with Crippen molar-refractivity contribution >= 4 is 22.8 Å². The lowest BCUT2D eigenvalue weighted by Crippen LogP contribution is -2.04. The maximum atomic E-state index is 13.0. The summed E-state index contributed by atoms with van der Waals surface area (Å²) in [5.41, 5.74) is 2.90. The number of allylic oxidation sites excluding steroid dienone is 1. The van der Waals surface area contributed by atoms with Crippen molar-refractivity contribution in [2.24, 2.45) is 0 Å². The molecule has 0 unspecified atom stereocenters. The zero-order valence-corrected chi connectivity index (χ0v) is 15.8. The molecule has 1 heterocycles. The van der Waals surface area contributed by atoms with Gasteiger partial charge in [0.1, 0.15) is 0 Å². The van der Waals surface area contributed by atoms with Crippen molar-refractivity contribution in [1.82, 2.24) is 4.98 Å². The summed E-state index contributed by atoms with van der Waals surface area (Å²) in [6, 6.07) is 13.1. The normalized spacial score (nSPS) is 11.3. The molecule has 0 fully saturated rings. The van der Waals surface area contributed by atoms with Crippen LogP contribution in [0.15, 0.2) is 54.2 Å². The van der Waals surface area contributed by atoms with Crippen LogP contribution in [0, 0.1) is 0 Å². The third-order valence-corrected chi connectivity index (χ3v) is 4.34. The number of Topliss-reactive ketones (excluding diaryl/α,β-unsaturated/α-hetero) is 1. The van der Waals surface area contributed by atoms with Gasteiger partial charge in [0.25, 0.3) is 0 Å². The predicted molar refractivity (Wildman–Crippen MR) is 106 cm³/mol. The van der Waals surface area contributed by atoms with E-state index in [9.17, 15) is 4.79 Å². The first kappa shape index (κ1) is 18.5. The smallest absolute Gasteiger partial charge is 0.203 e. The number of ether oxygens (including phenoxy) is 3. The molecule has 5 heteroatoms. The molecular weight excluding hydrogens is 342 g/mol. The van der Waals surface area contributed by atoms with Gasteiger partial charge in [0.2, 0.25) is 5.75 Å². The van der Waals surface area contributed by atoms with Crippen molar-refractivity contribution in [1.29, 1.82) is 0 Å². The standard InChI is InChI=1S/C22H21NO4/c1-14(11-15-9-10-23-18-8-6-5-7-17(15)18)21(24)16-12-19(25-2)22(27-4)20(13-16)26-3/h5-13H,1-4H3. The topological polar surface area (TPSA) is 57.7 Å². The number of hydrogen-bond donors (Lipinski definition) is 0. The molecule has 0 N–H and O–H groups in total. The van der Waals surface area contributed by atoms with Gasteiger partial charge in [-0.3, -0.25) is 9.78 Å². The van der Waals surface area contributed by atoms with Gasteiger partial charge in [-0.2, -0.15) is 0 Å². The van der Waals surface area contributed by atoms with Gasteiger partial charge >= 0.3 is 0 Å². The molecule has 0 saturated heterocycles. The van der Waals surface area contributed by atoms with E-state index in [1.807, 2.05) is 36.4 Å². The molecular formula is C22H21NO4. The highest BCUT2D eigenvalue weighted by atomic mass is 16.5. The average molecular weight is 363 g/mol. The Kier molecular flexibility index (Phi) is 5.41. The Morgan fingerprint density at radius 1 is 0.963 bits per heavy atom. The zero-order valence-electron chi connectivity index (χ0n) is 15.8. The summed E-state index contributed by atoms with van der Waals surface area (Å²) in [7, 11) is 4.58. The second-order valence-corrected chi connectivity index (χ2v) is 5.99. The molecule has 138 valence electrons. The molecule has 0 spiro atoms. The fraction of sp³-hybridized carbons (Fsp3) is 0.182. The van der Waals surface area contributed by atoms with Crippen molar-refractivity contribution in [3.63, 3.8) is 0 Å². The van der Waals surface area contributed by atoms with Crippen LogP contribution in [0.5, 0.6) is 17.2 Å². The number of ketones is 1. The van der Waals surface area contributed by atoms with E-state index in [0.717, 1.165) is 16.5 Å². The number of aromatic nitrogens is 1. The highest BCUT2D eigenvalue weighted by molar-refractivity contribution is 6.12. The van der Waals surface area contributed by atoms with Crippen LogP contribution in [0.3, 0.4) is 0 Å². The molecule has 0 aliphatic carbocycles. The fourth-order valence-corrected chi connectivity index (χ4v) is 2.98. The lowest BCUT2D eigenvalue weighted by atomic mass is 10.00. The van der Waals surface area contributed by atoms with Gasteiger partial charge in [0.15, 0.2) is 17.3 Å². The first-order valence-electron chi connectivity index (χ1n) is 8.45. The highest BCUT2D eigenvalue weighted by Gasteiger charge is 2.18. The number of nitrogens with zero attached hydrogens (tertiary/aromatic N) is 1. The number of carbonyl (C=O) groups excluding carboxylic acids is 1. The molecule has 0 aliphatic rings. The molecule has 27 heavy (non-hydrogen) atoms. The number of carbonyl (C=O) groups is 1. The van der Waals surface area contributed by atoms with Gasteiger partial charge in [-0.1, -0.05) is 18.2 Å². The second-order valence-electron chi connectivity index (χ2n) is 5.99. The van der Waals surface area contributed by atoms with Crippen LogP contribution in [0.1, 0.15) is 22.8 Å². The largest absolute Gasteiger partial charge is 0.493 e. The number of benzene rings is 2. The molecule has 0 bridgehead atoms. The maximum Gasteiger partial charge on any atom is 0.203 e. The van der Waals surface area contributed by atoms with E-state index >= 15 is 0 Å².